The maximum Gasteiger partial charge on any atom is 0.135 e. The molecule has 0 amide bonds. The molecule has 2 heterocycles. The fraction of sp³-hybridized carbons (Fsp3) is 0. The Morgan fingerprint density at radius 1 is 0.500 bits per heavy atom. The van der Waals surface area contributed by atoms with Crippen molar-refractivity contribution in [2.45, 2.75) is 0 Å². The molecular weight excluding hydrogens is 438 g/mol. The fourth-order valence-corrected chi connectivity index (χ4v) is 4.39. The van der Waals surface area contributed by atoms with E-state index in [4.69, 9.17) is 28.0 Å². The van der Waals surface area contributed by atoms with Crippen LogP contribution in [0.1, 0.15) is 28.8 Å². The predicted octanol–water partition coefficient (Wildman–Crippen LogP) is 9.38. The molecule has 0 aliphatic carbocycles. The number of aromatic nitrogens is 1. The number of rotatable bonds is 2. The van der Waals surface area contributed by atoms with Crippen LogP contribution in [-0.4, -0.2) is 4.57 Å². The molecule has 0 saturated carbocycles. The van der Waals surface area contributed by atoms with Gasteiger partial charge in [-0.25, -0.2) is 0 Å². The minimum absolute atomic E-state index is 0.342. The second kappa shape index (κ2) is 7.34. The first kappa shape index (κ1) is 8.11. The summed E-state index contributed by atoms with van der Waals surface area (Å²) in [5.74, 6) is -1.04. The monoisotopic (exact) mass is 480 g/mol. The van der Waals surface area contributed by atoms with E-state index in [0.717, 1.165) is 4.57 Å². The Labute approximate surface area is 238 Å². The average molecular weight is 481 g/mol. The number of ether oxygens (including phenoxy) is 1. The Kier molecular flexibility index (Phi) is 1.65. The van der Waals surface area contributed by atoms with Gasteiger partial charge in [0.05, 0.1) is 39.8 Å². The molecule has 168 valence electrons. The number of para-hydroxylation sites is 3. The molecular formula is C34H21NO. The molecule has 1 aliphatic rings. The van der Waals surface area contributed by atoms with E-state index in [2.05, 4.69) is 0 Å². The summed E-state index contributed by atoms with van der Waals surface area (Å²) in [5, 5.41) is -1.71. The van der Waals surface area contributed by atoms with E-state index in [-0.39, 0.29) is 10.9 Å². The van der Waals surface area contributed by atoms with E-state index < -0.39 is 188 Å². The lowest BCUT2D eigenvalue weighted by atomic mass is 9.90. The van der Waals surface area contributed by atoms with E-state index >= 15 is 0 Å². The molecule has 36 heavy (non-hydrogen) atoms. The van der Waals surface area contributed by atoms with E-state index in [1.807, 2.05) is 0 Å². The molecule has 6 aromatic carbocycles. The first-order chi connectivity index (χ1) is 26.6. The summed E-state index contributed by atoms with van der Waals surface area (Å²) in [7, 11) is 0. The zero-order valence-corrected chi connectivity index (χ0v) is 17.9. The third-order valence-electron chi connectivity index (χ3n) is 5.88. The molecule has 1 aliphatic heterocycles. The lowest BCUT2D eigenvalue weighted by molar-refractivity contribution is 0.487. The largest absolute Gasteiger partial charge is 0.456 e. The lowest BCUT2D eigenvalue weighted by Gasteiger charge is -2.22. The van der Waals surface area contributed by atoms with Crippen LogP contribution in [0.3, 0.4) is 0 Å². The maximum absolute atomic E-state index is 9.67. The molecule has 0 saturated heterocycles. The van der Waals surface area contributed by atoms with Gasteiger partial charge in [-0.2, -0.15) is 0 Å². The summed E-state index contributed by atoms with van der Waals surface area (Å²) in [5.41, 5.74) is -3.79. The van der Waals surface area contributed by atoms with Gasteiger partial charge in [0.1, 0.15) is 11.5 Å². The van der Waals surface area contributed by atoms with Crippen LogP contribution in [0, 0.1) is 0 Å². The van der Waals surface area contributed by atoms with Crippen molar-refractivity contribution in [3.05, 3.63) is 127 Å². The van der Waals surface area contributed by atoms with Crippen molar-refractivity contribution >= 4 is 32.6 Å². The van der Waals surface area contributed by atoms with Crippen LogP contribution in [0.2, 0.25) is 0 Å². The van der Waals surface area contributed by atoms with Crippen molar-refractivity contribution in [2.75, 3.05) is 0 Å². The van der Waals surface area contributed by atoms with Gasteiger partial charge in [-0.15, -0.1) is 0 Å². The molecule has 2 heteroatoms. The number of benzene rings is 6. The summed E-state index contributed by atoms with van der Waals surface area (Å²) < 4.78 is 190. The van der Waals surface area contributed by atoms with Crippen molar-refractivity contribution in [2.24, 2.45) is 0 Å². The molecule has 0 atom stereocenters. The Morgan fingerprint density at radius 2 is 1.25 bits per heavy atom. The van der Waals surface area contributed by atoms with Gasteiger partial charge in [0.25, 0.3) is 0 Å². The first-order valence-electron chi connectivity index (χ1n) is 21.1. The van der Waals surface area contributed by atoms with Crippen LogP contribution in [0.5, 0.6) is 11.5 Å². The number of hydrogen-bond acceptors (Lipinski definition) is 1. The first-order valence-corrected chi connectivity index (χ1v) is 10.6. The standard InChI is InChI=1S/C34H21NO/c1-2-9-23(10-3-1)35-30-15-6-4-11-25(30)26-18-17-22(21-31(26)35)24-19-20-33-34-28(24)13-8-14-29(34)27-12-5-7-16-32(27)36-33/h1-21H/i1D,2D,3D,4D,5D,6D,7D,8D,9D,10D,11D,12D,13D,14D,15D,16D,17D,18D,19D,20D,21D. The van der Waals surface area contributed by atoms with E-state index in [1.165, 1.54) is 0 Å². The van der Waals surface area contributed by atoms with Crippen LogP contribution in [0.4, 0.5) is 0 Å². The fourth-order valence-electron chi connectivity index (χ4n) is 4.39. The average Bonchev–Trinajstić information content (AvgIpc) is 3.54. The van der Waals surface area contributed by atoms with Crippen LogP contribution in [0.25, 0.3) is 60.5 Å². The minimum atomic E-state index is -0.871. The summed E-state index contributed by atoms with van der Waals surface area (Å²) in [6.07, 6.45) is 0. The van der Waals surface area contributed by atoms with Crippen LogP contribution >= 0.6 is 0 Å². The Hall–Kier alpha value is -4.82. The predicted molar refractivity (Wildman–Crippen MR) is 149 cm³/mol. The van der Waals surface area contributed by atoms with Gasteiger partial charge in [0, 0.05) is 27.4 Å². The van der Waals surface area contributed by atoms with Crippen LogP contribution in [0.15, 0.2) is 127 Å². The highest BCUT2D eigenvalue weighted by Crippen LogP contribution is 2.48. The van der Waals surface area contributed by atoms with Crippen LogP contribution in [-0.2, 0) is 0 Å². The minimum Gasteiger partial charge on any atom is -0.456 e. The Balaban J connectivity index is 1.67. The molecule has 8 rings (SSSR count). The highest BCUT2D eigenvalue weighted by atomic mass is 16.5. The van der Waals surface area contributed by atoms with Gasteiger partial charge in [-0.3, -0.25) is 0 Å². The molecule has 0 radical (unpaired) electrons. The van der Waals surface area contributed by atoms with Gasteiger partial charge >= 0.3 is 0 Å². The smallest absolute Gasteiger partial charge is 0.135 e. The molecule has 0 fully saturated rings. The van der Waals surface area contributed by atoms with Crippen molar-refractivity contribution in [1.82, 2.24) is 4.57 Å². The maximum atomic E-state index is 9.67. The topological polar surface area (TPSA) is 14.2 Å². The Bertz CT molecular complexity index is 3090. The summed E-state index contributed by atoms with van der Waals surface area (Å²) in [4.78, 5) is 0. The van der Waals surface area contributed by atoms with E-state index in [0.29, 0.717) is 0 Å². The van der Waals surface area contributed by atoms with Crippen molar-refractivity contribution < 1.29 is 33.5 Å². The van der Waals surface area contributed by atoms with E-state index in [9.17, 15) is 5.48 Å². The van der Waals surface area contributed by atoms with Gasteiger partial charge in [0.15, 0.2) is 0 Å². The Morgan fingerprint density at radius 3 is 2.19 bits per heavy atom. The van der Waals surface area contributed by atoms with Gasteiger partial charge < -0.3 is 9.30 Å². The highest BCUT2D eigenvalue weighted by Gasteiger charge is 2.21. The SMILES string of the molecule is [2H]c1c([2H])c([2H])c(-n2c3c([2H])c([2H])c([2H])c([2H])c3c3c([2H])c([2H])c(-c4c([2H])c([2H])c5c6c(c([2H])c([2H])c([2H])c46)-c4c([2H])c([2H])c([2H])c([2H])c4O5)c([2H])c32)c([2H])c1[2H]. The summed E-state index contributed by atoms with van der Waals surface area (Å²) in [6, 6.07) is -16.7. The molecule has 1 aromatic heterocycles. The number of hydrogen-bond donors (Lipinski definition) is 0. The van der Waals surface area contributed by atoms with Gasteiger partial charge in [-0.1, -0.05) is 90.6 Å². The second-order valence-corrected chi connectivity index (χ2v) is 7.77. The summed E-state index contributed by atoms with van der Waals surface area (Å²) >= 11 is 0. The lowest BCUT2D eigenvalue weighted by Crippen LogP contribution is -1.97. The van der Waals surface area contributed by atoms with Crippen molar-refractivity contribution in [3.8, 4) is 39.4 Å². The third-order valence-corrected chi connectivity index (χ3v) is 5.88. The third kappa shape index (κ3) is 2.67. The molecule has 0 unspecified atom stereocenters. The molecule has 0 bridgehead atoms. The van der Waals surface area contributed by atoms with Gasteiger partial charge in [0.2, 0.25) is 0 Å². The van der Waals surface area contributed by atoms with E-state index in [1.54, 1.807) is 0 Å². The quantitative estimate of drug-likeness (QED) is 0.240. The molecule has 0 spiro atoms. The highest BCUT2D eigenvalue weighted by molar-refractivity contribution is 6.13. The zero-order valence-electron chi connectivity index (χ0n) is 38.9. The molecule has 2 nitrogen and oxygen atoms in total. The number of nitrogens with zero attached hydrogens (tertiary/aromatic N) is 1. The van der Waals surface area contributed by atoms with Crippen molar-refractivity contribution in [1.29, 1.82) is 0 Å². The van der Waals surface area contributed by atoms with Crippen LogP contribution < -0.4 is 4.74 Å². The zero-order chi connectivity index (χ0) is 41.9. The normalized spacial score (nSPS) is 20.3. The summed E-state index contributed by atoms with van der Waals surface area (Å²) in [6.45, 7) is 0. The number of fused-ring (bicyclic) bond motifs is 5. The van der Waals surface area contributed by atoms with Crippen molar-refractivity contribution in [3.63, 3.8) is 0 Å². The molecule has 7 aromatic rings. The second-order valence-electron chi connectivity index (χ2n) is 7.77. The van der Waals surface area contributed by atoms with Gasteiger partial charge in [-0.05, 0) is 58.3 Å². The molecule has 0 N–H and O–H groups in total.